The van der Waals surface area contributed by atoms with Gasteiger partial charge >= 0.3 is 0 Å². The second-order valence-corrected chi connectivity index (χ2v) is 6.64. The summed E-state index contributed by atoms with van der Waals surface area (Å²) in [6, 6.07) is 6.07. The van der Waals surface area contributed by atoms with Gasteiger partial charge in [-0.05, 0) is 37.6 Å². The van der Waals surface area contributed by atoms with Crippen LogP contribution >= 0.6 is 0 Å². The van der Waals surface area contributed by atoms with Gasteiger partial charge < -0.3 is 10.4 Å². The van der Waals surface area contributed by atoms with Gasteiger partial charge in [0.15, 0.2) is 9.84 Å². The average molecular weight is 285 g/mol. The Kier molecular flexibility index (Phi) is 5.50. The summed E-state index contributed by atoms with van der Waals surface area (Å²) in [7, 11) is -3.21. The second-order valence-electron chi connectivity index (χ2n) is 4.36. The van der Waals surface area contributed by atoms with Gasteiger partial charge in [0.1, 0.15) is 0 Å². The van der Waals surface area contributed by atoms with Gasteiger partial charge in [-0.1, -0.05) is 6.92 Å². The normalized spacial score (nSPS) is 13.0. The lowest BCUT2D eigenvalue weighted by atomic mass is 10.2. The SMILES string of the molecule is CCS(=O)(=O)c1ccc(NC(=O)CCC(C)O)cc1. The number of carbonyl (C=O) groups is 1. The van der Waals surface area contributed by atoms with Crippen molar-refractivity contribution in [1.82, 2.24) is 0 Å². The molecule has 2 N–H and O–H groups in total. The third-order valence-corrected chi connectivity index (χ3v) is 4.42. The summed E-state index contributed by atoms with van der Waals surface area (Å²) in [5, 5.41) is 11.7. The van der Waals surface area contributed by atoms with Crippen molar-refractivity contribution in [2.75, 3.05) is 11.1 Å². The molecule has 0 spiro atoms. The van der Waals surface area contributed by atoms with Crippen LogP contribution in [0.1, 0.15) is 26.7 Å². The van der Waals surface area contributed by atoms with Crippen LogP contribution in [0.15, 0.2) is 29.2 Å². The van der Waals surface area contributed by atoms with Gasteiger partial charge in [-0.2, -0.15) is 0 Å². The molecule has 0 fully saturated rings. The van der Waals surface area contributed by atoms with Gasteiger partial charge in [0, 0.05) is 12.1 Å². The molecule has 0 radical (unpaired) electrons. The van der Waals surface area contributed by atoms with E-state index < -0.39 is 15.9 Å². The van der Waals surface area contributed by atoms with Crippen molar-refractivity contribution < 1.29 is 18.3 Å². The van der Waals surface area contributed by atoms with E-state index in [1.54, 1.807) is 26.0 Å². The third kappa shape index (κ3) is 5.00. The standard InChI is InChI=1S/C13H19NO4S/c1-3-19(17,18)12-7-5-11(6-8-12)14-13(16)9-4-10(2)15/h5-8,10,15H,3-4,9H2,1-2H3,(H,14,16). The molecule has 1 unspecified atom stereocenters. The molecule has 0 bridgehead atoms. The minimum atomic E-state index is -3.21. The molecule has 0 aromatic heterocycles. The lowest BCUT2D eigenvalue weighted by Crippen LogP contribution is -2.14. The molecule has 1 atom stereocenters. The van der Waals surface area contributed by atoms with E-state index in [1.807, 2.05) is 0 Å². The quantitative estimate of drug-likeness (QED) is 0.831. The van der Waals surface area contributed by atoms with Crippen LogP contribution in [0.2, 0.25) is 0 Å². The highest BCUT2D eigenvalue weighted by Gasteiger charge is 2.11. The van der Waals surface area contributed by atoms with Crippen LogP contribution < -0.4 is 5.32 Å². The van der Waals surface area contributed by atoms with Crippen LogP contribution in [0.3, 0.4) is 0 Å². The van der Waals surface area contributed by atoms with E-state index in [2.05, 4.69) is 5.32 Å². The summed E-state index contributed by atoms with van der Waals surface area (Å²) >= 11 is 0. The first-order valence-electron chi connectivity index (χ1n) is 6.16. The number of nitrogens with one attached hydrogen (secondary N) is 1. The Labute approximate surface area is 113 Å². The van der Waals surface area contributed by atoms with Crippen molar-refractivity contribution in [1.29, 1.82) is 0 Å². The monoisotopic (exact) mass is 285 g/mol. The number of hydrogen-bond acceptors (Lipinski definition) is 4. The number of aliphatic hydroxyl groups is 1. The van der Waals surface area contributed by atoms with Crippen molar-refractivity contribution in [2.24, 2.45) is 0 Å². The molecular weight excluding hydrogens is 266 g/mol. The fourth-order valence-corrected chi connectivity index (χ4v) is 2.36. The highest BCUT2D eigenvalue weighted by molar-refractivity contribution is 7.91. The Bertz CT molecular complexity index is 520. The first-order valence-corrected chi connectivity index (χ1v) is 7.81. The smallest absolute Gasteiger partial charge is 0.224 e. The maximum atomic E-state index is 11.6. The van der Waals surface area contributed by atoms with Crippen LogP contribution in [-0.2, 0) is 14.6 Å². The van der Waals surface area contributed by atoms with Gasteiger partial charge in [-0.3, -0.25) is 4.79 Å². The predicted octanol–water partition coefficient (Wildman–Crippen LogP) is 1.58. The largest absolute Gasteiger partial charge is 0.393 e. The lowest BCUT2D eigenvalue weighted by Gasteiger charge is -2.07. The average Bonchev–Trinajstić information content (AvgIpc) is 2.37. The van der Waals surface area contributed by atoms with Crippen LogP contribution in [-0.4, -0.2) is 31.3 Å². The first-order chi connectivity index (χ1) is 8.85. The van der Waals surface area contributed by atoms with Crippen LogP contribution in [0.4, 0.5) is 5.69 Å². The summed E-state index contributed by atoms with van der Waals surface area (Å²) in [5.74, 6) is -0.153. The minimum absolute atomic E-state index is 0.0487. The van der Waals surface area contributed by atoms with E-state index in [4.69, 9.17) is 5.11 Å². The van der Waals surface area contributed by atoms with Crippen molar-refractivity contribution in [2.45, 2.75) is 37.7 Å². The number of anilines is 1. The lowest BCUT2D eigenvalue weighted by molar-refractivity contribution is -0.116. The predicted molar refractivity (Wildman–Crippen MR) is 73.7 cm³/mol. The number of carbonyl (C=O) groups excluding carboxylic acids is 1. The number of amides is 1. The van der Waals surface area contributed by atoms with E-state index in [-0.39, 0.29) is 23.0 Å². The zero-order valence-electron chi connectivity index (χ0n) is 11.1. The summed E-state index contributed by atoms with van der Waals surface area (Å²) in [6.07, 6.45) is 0.115. The van der Waals surface area contributed by atoms with Gasteiger partial charge in [0.25, 0.3) is 0 Å². The molecule has 0 saturated heterocycles. The zero-order chi connectivity index (χ0) is 14.5. The Morgan fingerprint density at radius 2 is 1.89 bits per heavy atom. The maximum absolute atomic E-state index is 11.6. The summed E-state index contributed by atoms with van der Waals surface area (Å²) in [6.45, 7) is 3.21. The molecule has 6 heteroatoms. The number of rotatable bonds is 6. The van der Waals surface area contributed by atoms with Gasteiger partial charge in [-0.15, -0.1) is 0 Å². The van der Waals surface area contributed by atoms with Gasteiger partial charge in [0.05, 0.1) is 16.8 Å². The summed E-state index contributed by atoms with van der Waals surface area (Å²) < 4.78 is 23.2. The van der Waals surface area contributed by atoms with Crippen LogP contribution in [0.25, 0.3) is 0 Å². The Balaban J connectivity index is 2.65. The first kappa shape index (κ1) is 15.7. The molecule has 1 amide bonds. The molecule has 1 aromatic rings. The molecule has 1 aromatic carbocycles. The summed E-state index contributed by atoms with van der Waals surface area (Å²) in [5.41, 5.74) is 0.547. The molecule has 0 heterocycles. The molecule has 106 valence electrons. The number of sulfone groups is 1. The summed E-state index contributed by atoms with van der Waals surface area (Å²) in [4.78, 5) is 11.8. The van der Waals surface area contributed by atoms with Crippen molar-refractivity contribution in [3.05, 3.63) is 24.3 Å². The topological polar surface area (TPSA) is 83.5 Å². The molecule has 0 aliphatic rings. The van der Waals surface area contributed by atoms with Crippen molar-refractivity contribution in [3.8, 4) is 0 Å². The zero-order valence-corrected chi connectivity index (χ0v) is 11.9. The maximum Gasteiger partial charge on any atom is 0.224 e. The number of benzene rings is 1. The molecule has 0 aliphatic heterocycles. The van der Waals surface area contributed by atoms with E-state index in [0.29, 0.717) is 12.1 Å². The highest BCUT2D eigenvalue weighted by Crippen LogP contribution is 2.15. The van der Waals surface area contributed by atoms with E-state index >= 15 is 0 Å². The molecule has 1 rings (SSSR count). The minimum Gasteiger partial charge on any atom is -0.393 e. The van der Waals surface area contributed by atoms with Crippen LogP contribution in [0.5, 0.6) is 0 Å². The fourth-order valence-electron chi connectivity index (χ4n) is 1.48. The Morgan fingerprint density at radius 1 is 1.32 bits per heavy atom. The van der Waals surface area contributed by atoms with Crippen molar-refractivity contribution >= 4 is 21.4 Å². The second kappa shape index (κ2) is 6.68. The van der Waals surface area contributed by atoms with Gasteiger partial charge in [-0.25, -0.2) is 8.42 Å². The third-order valence-electron chi connectivity index (χ3n) is 2.67. The van der Waals surface area contributed by atoms with E-state index in [0.717, 1.165) is 0 Å². The molecule has 19 heavy (non-hydrogen) atoms. The molecule has 0 saturated carbocycles. The van der Waals surface area contributed by atoms with E-state index in [9.17, 15) is 13.2 Å². The van der Waals surface area contributed by atoms with Crippen LogP contribution in [0, 0.1) is 0 Å². The van der Waals surface area contributed by atoms with Gasteiger partial charge in [0.2, 0.25) is 5.91 Å². The number of hydrogen-bond donors (Lipinski definition) is 2. The number of aliphatic hydroxyl groups excluding tert-OH is 1. The highest BCUT2D eigenvalue weighted by atomic mass is 32.2. The molecular formula is C13H19NO4S. The molecule has 5 nitrogen and oxygen atoms in total. The Morgan fingerprint density at radius 3 is 2.37 bits per heavy atom. The van der Waals surface area contributed by atoms with Crippen molar-refractivity contribution in [3.63, 3.8) is 0 Å². The van der Waals surface area contributed by atoms with E-state index in [1.165, 1.54) is 12.1 Å². The Hall–Kier alpha value is -1.40. The fraction of sp³-hybridized carbons (Fsp3) is 0.462. The molecule has 0 aliphatic carbocycles.